The fourth-order valence-electron chi connectivity index (χ4n) is 1.77. The number of aliphatic hydroxyl groups is 1. The molecule has 2 amide bonds. The Morgan fingerprint density at radius 2 is 1.93 bits per heavy atom. The molecule has 0 spiro atoms. The molecule has 1 fully saturated rings. The third kappa shape index (κ3) is 3.70. The lowest BCUT2D eigenvalue weighted by atomic mass is 10.1. The normalized spacial score (nSPS) is 19.1. The van der Waals surface area contributed by atoms with Crippen LogP contribution < -0.4 is 5.32 Å². The molecule has 1 rings (SSSR count). The van der Waals surface area contributed by atoms with Crippen molar-refractivity contribution in [3.63, 3.8) is 0 Å². The molecule has 0 aromatic carbocycles. The van der Waals surface area contributed by atoms with Crippen LogP contribution in [-0.2, 0) is 0 Å². The number of urea groups is 1. The van der Waals surface area contributed by atoms with E-state index in [1.807, 2.05) is 18.7 Å². The summed E-state index contributed by atoms with van der Waals surface area (Å²) in [5, 5.41) is 12.0. The highest BCUT2D eigenvalue weighted by atomic mass is 16.3. The zero-order chi connectivity index (χ0) is 11.3. The average molecular weight is 214 g/mol. The minimum atomic E-state index is -0.126. The van der Waals surface area contributed by atoms with Crippen LogP contribution >= 0.6 is 0 Å². The number of aliphatic hydroxyl groups excluding tert-OH is 1. The Kier molecular flexibility index (Phi) is 4.88. The van der Waals surface area contributed by atoms with Crippen molar-refractivity contribution in [1.29, 1.82) is 0 Å². The lowest BCUT2D eigenvalue weighted by molar-refractivity contribution is 0.163. The van der Waals surface area contributed by atoms with E-state index in [9.17, 15) is 4.79 Å². The van der Waals surface area contributed by atoms with Crippen molar-refractivity contribution in [1.82, 2.24) is 10.2 Å². The first-order valence-electron chi connectivity index (χ1n) is 5.81. The monoisotopic (exact) mass is 214 g/mol. The predicted molar refractivity (Wildman–Crippen MR) is 59.7 cm³/mol. The van der Waals surface area contributed by atoms with Crippen LogP contribution in [0.1, 0.15) is 33.1 Å². The minimum Gasteiger partial charge on any atom is -0.394 e. The molecule has 4 heteroatoms. The molecular weight excluding hydrogens is 192 g/mol. The van der Waals surface area contributed by atoms with Crippen LogP contribution in [0.3, 0.4) is 0 Å². The smallest absolute Gasteiger partial charge is 0.317 e. The maximum atomic E-state index is 11.8. The maximum absolute atomic E-state index is 11.8. The van der Waals surface area contributed by atoms with Gasteiger partial charge in [-0.1, -0.05) is 13.8 Å². The van der Waals surface area contributed by atoms with E-state index in [0.717, 1.165) is 25.9 Å². The van der Waals surface area contributed by atoms with Crippen molar-refractivity contribution >= 4 is 6.03 Å². The van der Waals surface area contributed by atoms with E-state index in [4.69, 9.17) is 5.11 Å². The van der Waals surface area contributed by atoms with Gasteiger partial charge in [0.15, 0.2) is 0 Å². The van der Waals surface area contributed by atoms with E-state index in [1.165, 1.54) is 6.42 Å². The zero-order valence-electron chi connectivity index (χ0n) is 9.70. The van der Waals surface area contributed by atoms with Crippen molar-refractivity contribution < 1.29 is 9.90 Å². The Morgan fingerprint density at radius 3 is 2.40 bits per heavy atom. The summed E-state index contributed by atoms with van der Waals surface area (Å²) < 4.78 is 0. The van der Waals surface area contributed by atoms with Crippen LogP contribution in [0.4, 0.5) is 4.79 Å². The SMILES string of the molecule is CC(C)[C@@H](CO)NC(=O)N1CCCCC1. The number of hydrogen-bond donors (Lipinski definition) is 2. The molecule has 1 aliphatic heterocycles. The molecule has 1 aliphatic rings. The second kappa shape index (κ2) is 5.95. The van der Waals surface area contributed by atoms with Gasteiger partial charge in [-0.3, -0.25) is 0 Å². The van der Waals surface area contributed by atoms with Crippen molar-refractivity contribution in [2.75, 3.05) is 19.7 Å². The van der Waals surface area contributed by atoms with Gasteiger partial charge in [-0.2, -0.15) is 0 Å². The molecule has 0 saturated carbocycles. The molecular formula is C11H22N2O2. The third-order valence-corrected chi connectivity index (χ3v) is 2.95. The lowest BCUT2D eigenvalue weighted by Gasteiger charge is -2.29. The quantitative estimate of drug-likeness (QED) is 0.741. The van der Waals surface area contributed by atoms with Crippen LogP contribution in [0.2, 0.25) is 0 Å². The van der Waals surface area contributed by atoms with E-state index in [2.05, 4.69) is 5.32 Å². The van der Waals surface area contributed by atoms with Gasteiger partial charge in [-0.15, -0.1) is 0 Å². The molecule has 0 aromatic rings. The molecule has 0 bridgehead atoms. The Balaban J connectivity index is 2.38. The highest BCUT2D eigenvalue weighted by molar-refractivity contribution is 5.74. The largest absolute Gasteiger partial charge is 0.394 e. The Morgan fingerprint density at radius 1 is 1.33 bits per heavy atom. The van der Waals surface area contributed by atoms with Crippen LogP contribution in [0.5, 0.6) is 0 Å². The van der Waals surface area contributed by atoms with Crippen LogP contribution in [-0.4, -0.2) is 41.8 Å². The summed E-state index contributed by atoms with van der Waals surface area (Å²) in [7, 11) is 0. The van der Waals surface area contributed by atoms with Crippen LogP contribution in [0.15, 0.2) is 0 Å². The van der Waals surface area contributed by atoms with Gasteiger partial charge in [0.1, 0.15) is 0 Å². The first kappa shape index (κ1) is 12.3. The van der Waals surface area contributed by atoms with Crippen LogP contribution in [0.25, 0.3) is 0 Å². The summed E-state index contributed by atoms with van der Waals surface area (Å²) in [5.74, 6) is 0.267. The Labute approximate surface area is 91.6 Å². The van der Waals surface area contributed by atoms with Gasteiger partial charge in [-0.05, 0) is 25.2 Å². The van der Waals surface area contributed by atoms with Crippen LogP contribution in [0, 0.1) is 5.92 Å². The summed E-state index contributed by atoms with van der Waals surface area (Å²) in [5.41, 5.74) is 0. The number of nitrogens with zero attached hydrogens (tertiary/aromatic N) is 1. The molecule has 1 heterocycles. The number of piperidine rings is 1. The first-order valence-corrected chi connectivity index (χ1v) is 5.81. The van der Waals surface area contributed by atoms with E-state index < -0.39 is 0 Å². The highest BCUT2D eigenvalue weighted by Crippen LogP contribution is 2.09. The molecule has 2 N–H and O–H groups in total. The van der Waals surface area contributed by atoms with Gasteiger partial charge < -0.3 is 15.3 Å². The number of amides is 2. The molecule has 1 saturated heterocycles. The van der Waals surface area contributed by atoms with Crippen molar-refractivity contribution in [3.8, 4) is 0 Å². The second-order valence-corrected chi connectivity index (χ2v) is 4.53. The number of carbonyl (C=O) groups excluding carboxylic acids is 1. The molecule has 0 aromatic heterocycles. The molecule has 0 unspecified atom stereocenters. The predicted octanol–water partition coefficient (Wildman–Crippen LogP) is 1.20. The first-order chi connectivity index (χ1) is 7.15. The number of likely N-dealkylation sites (tertiary alicyclic amines) is 1. The number of nitrogens with one attached hydrogen (secondary N) is 1. The third-order valence-electron chi connectivity index (χ3n) is 2.95. The topological polar surface area (TPSA) is 52.6 Å². The summed E-state index contributed by atoms with van der Waals surface area (Å²) in [6.07, 6.45) is 3.41. The molecule has 4 nitrogen and oxygen atoms in total. The summed E-state index contributed by atoms with van der Waals surface area (Å²) >= 11 is 0. The van der Waals surface area contributed by atoms with Gasteiger partial charge in [0.2, 0.25) is 0 Å². The minimum absolute atomic E-state index is 0.0112. The summed E-state index contributed by atoms with van der Waals surface area (Å²) in [4.78, 5) is 13.6. The Bertz CT molecular complexity index is 201. The summed E-state index contributed by atoms with van der Waals surface area (Å²) in [6.45, 7) is 5.70. The Hall–Kier alpha value is -0.770. The average Bonchev–Trinajstić information content (AvgIpc) is 2.26. The van der Waals surface area contributed by atoms with Crippen molar-refractivity contribution in [2.24, 2.45) is 5.92 Å². The van der Waals surface area contributed by atoms with Gasteiger partial charge in [0.05, 0.1) is 12.6 Å². The van der Waals surface area contributed by atoms with Gasteiger partial charge in [0.25, 0.3) is 0 Å². The molecule has 0 aliphatic carbocycles. The van der Waals surface area contributed by atoms with Crippen molar-refractivity contribution in [3.05, 3.63) is 0 Å². The maximum Gasteiger partial charge on any atom is 0.317 e. The fraction of sp³-hybridized carbons (Fsp3) is 0.909. The highest BCUT2D eigenvalue weighted by Gasteiger charge is 2.20. The molecule has 88 valence electrons. The van der Waals surface area contributed by atoms with Gasteiger partial charge in [-0.25, -0.2) is 4.79 Å². The lowest BCUT2D eigenvalue weighted by Crippen LogP contribution is -2.49. The fourth-order valence-corrected chi connectivity index (χ4v) is 1.77. The zero-order valence-corrected chi connectivity index (χ0v) is 9.70. The number of carbonyl (C=O) groups is 1. The summed E-state index contributed by atoms with van der Waals surface area (Å²) in [6, 6.07) is -0.151. The van der Waals surface area contributed by atoms with E-state index >= 15 is 0 Å². The second-order valence-electron chi connectivity index (χ2n) is 4.53. The number of rotatable bonds is 3. The molecule has 15 heavy (non-hydrogen) atoms. The van der Waals surface area contributed by atoms with E-state index in [1.54, 1.807) is 0 Å². The van der Waals surface area contributed by atoms with Gasteiger partial charge >= 0.3 is 6.03 Å². The van der Waals surface area contributed by atoms with Gasteiger partial charge in [0, 0.05) is 13.1 Å². The molecule has 1 atom stereocenters. The van der Waals surface area contributed by atoms with Crippen molar-refractivity contribution in [2.45, 2.75) is 39.2 Å². The van der Waals surface area contributed by atoms with E-state index in [-0.39, 0.29) is 24.6 Å². The standard InChI is InChI=1S/C11H22N2O2/c1-9(2)10(8-14)12-11(15)13-6-4-3-5-7-13/h9-10,14H,3-8H2,1-2H3,(H,12,15)/t10-/m1/s1. The number of hydrogen-bond acceptors (Lipinski definition) is 2. The van der Waals surface area contributed by atoms with E-state index in [0.29, 0.717) is 0 Å². The molecule has 0 radical (unpaired) electrons.